The molecule has 2 aromatic rings. The van der Waals surface area contributed by atoms with E-state index in [9.17, 15) is 14.7 Å². The molecule has 0 bridgehead atoms. The van der Waals surface area contributed by atoms with E-state index in [0.717, 1.165) is 11.1 Å². The smallest absolute Gasteiger partial charge is 0.326 e. The van der Waals surface area contributed by atoms with Gasteiger partial charge in [-0.05, 0) is 17.5 Å². The van der Waals surface area contributed by atoms with Crippen LogP contribution in [0.4, 0.5) is 0 Å². The van der Waals surface area contributed by atoms with Gasteiger partial charge in [0.05, 0.1) is 6.20 Å². The lowest BCUT2D eigenvalue weighted by atomic mass is 10.1. The maximum atomic E-state index is 11.9. The van der Waals surface area contributed by atoms with Crippen LogP contribution in [0.25, 0.3) is 0 Å². The Hall–Kier alpha value is -2.63. The lowest BCUT2D eigenvalue weighted by molar-refractivity contribution is -0.141. The Morgan fingerprint density at radius 2 is 2.00 bits per heavy atom. The molecular weight excluding hydrogens is 282 g/mol. The van der Waals surface area contributed by atoms with E-state index < -0.39 is 12.0 Å². The molecule has 1 amide bonds. The summed E-state index contributed by atoms with van der Waals surface area (Å²) in [6.07, 6.45) is 4.59. The number of carbonyl (C=O) groups is 2. The average Bonchev–Trinajstić information content (AvgIpc) is 2.91. The van der Waals surface area contributed by atoms with Crippen LogP contribution in [0.5, 0.6) is 0 Å². The van der Waals surface area contributed by atoms with E-state index in [2.05, 4.69) is 10.4 Å². The van der Waals surface area contributed by atoms with Crippen molar-refractivity contribution in [3.63, 3.8) is 0 Å². The molecule has 0 fully saturated rings. The van der Waals surface area contributed by atoms with Gasteiger partial charge >= 0.3 is 5.97 Å². The van der Waals surface area contributed by atoms with E-state index in [1.165, 1.54) is 0 Å². The highest BCUT2D eigenvalue weighted by atomic mass is 16.4. The van der Waals surface area contributed by atoms with Crippen molar-refractivity contribution in [2.45, 2.75) is 25.3 Å². The van der Waals surface area contributed by atoms with E-state index in [0.29, 0.717) is 6.42 Å². The Labute approximate surface area is 128 Å². The van der Waals surface area contributed by atoms with Gasteiger partial charge in [0.1, 0.15) is 6.04 Å². The number of rotatable bonds is 7. The number of carboxylic acid groups (broad SMARTS) is 1. The molecule has 22 heavy (non-hydrogen) atoms. The number of aryl methyl sites for hydroxylation is 2. The number of amides is 1. The monoisotopic (exact) mass is 301 g/mol. The van der Waals surface area contributed by atoms with Crippen LogP contribution < -0.4 is 5.32 Å². The summed E-state index contributed by atoms with van der Waals surface area (Å²) in [5.41, 5.74) is 1.83. The van der Waals surface area contributed by atoms with Crippen molar-refractivity contribution >= 4 is 11.9 Å². The van der Waals surface area contributed by atoms with Crippen molar-refractivity contribution < 1.29 is 14.7 Å². The minimum absolute atomic E-state index is 0.240. The molecular formula is C16H19N3O3. The highest BCUT2D eigenvalue weighted by Crippen LogP contribution is 2.05. The molecule has 0 radical (unpaired) electrons. The molecule has 1 atom stereocenters. The topological polar surface area (TPSA) is 84.2 Å². The van der Waals surface area contributed by atoms with E-state index in [1.807, 2.05) is 43.6 Å². The van der Waals surface area contributed by atoms with Gasteiger partial charge in [0.25, 0.3) is 0 Å². The minimum atomic E-state index is -1.03. The standard InChI is InChI=1S/C16H19N3O3/c1-19-11-13(10-17-19)7-8-15(20)18-14(16(21)22)9-12-5-3-2-4-6-12/h2-6,10-11,14H,7-9H2,1H3,(H,18,20)(H,21,22)/t14-/m0/s1. The Kier molecular flexibility index (Phi) is 5.30. The predicted octanol–water partition coefficient (Wildman–Crippen LogP) is 1.16. The Bertz CT molecular complexity index is 637. The first-order valence-electron chi connectivity index (χ1n) is 7.08. The molecule has 2 N–H and O–H groups in total. The van der Waals surface area contributed by atoms with E-state index in [1.54, 1.807) is 10.9 Å². The van der Waals surface area contributed by atoms with E-state index in [4.69, 9.17) is 0 Å². The molecule has 0 aliphatic carbocycles. The molecule has 1 aromatic heterocycles. The molecule has 2 rings (SSSR count). The number of nitrogens with one attached hydrogen (secondary N) is 1. The first-order valence-corrected chi connectivity index (χ1v) is 7.08. The fourth-order valence-electron chi connectivity index (χ4n) is 2.18. The van der Waals surface area contributed by atoms with Gasteiger partial charge in [-0.15, -0.1) is 0 Å². The van der Waals surface area contributed by atoms with Gasteiger partial charge in [-0.3, -0.25) is 9.48 Å². The van der Waals surface area contributed by atoms with Crippen LogP contribution in [0, 0.1) is 0 Å². The normalized spacial score (nSPS) is 11.9. The zero-order valence-electron chi connectivity index (χ0n) is 12.4. The third-order valence-corrected chi connectivity index (χ3v) is 3.32. The summed E-state index contributed by atoms with van der Waals surface area (Å²) >= 11 is 0. The van der Waals surface area contributed by atoms with Crippen LogP contribution in [0.1, 0.15) is 17.5 Å². The second kappa shape index (κ2) is 7.40. The molecule has 1 heterocycles. The molecule has 116 valence electrons. The summed E-state index contributed by atoms with van der Waals surface area (Å²) in [5, 5.41) is 15.9. The van der Waals surface area contributed by atoms with Crippen LogP contribution in [0.2, 0.25) is 0 Å². The van der Waals surface area contributed by atoms with Gasteiger partial charge < -0.3 is 10.4 Å². The van der Waals surface area contributed by atoms with Crippen molar-refractivity contribution in [1.82, 2.24) is 15.1 Å². The molecule has 1 aromatic carbocycles. The lowest BCUT2D eigenvalue weighted by Gasteiger charge is -2.14. The van der Waals surface area contributed by atoms with Crippen molar-refractivity contribution in [1.29, 1.82) is 0 Å². The fraction of sp³-hybridized carbons (Fsp3) is 0.312. The first kappa shape index (κ1) is 15.8. The third-order valence-electron chi connectivity index (χ3n) is 3.32. The highest BCUT2D eigenvalue weighted by molar-refractivity contribution is 5.83. The second-order valence-electron chi connectivity index (χ2n) is 5.17. The number of hydrogen-bond acceptors (Lipinski definition) is 3. The number of hydrogen-bond donors (Lipinski definition) is 2. The molecule has 0 saturated carbocycles. The van der Waals surface area contributed by atoms with Gasteiger partial charge in [0.2, 0.25) is 5.91 Å². The molecule has 0 aliphatic heterocycles. The highest BCUT2D eigenvalue weighted by Gasteiger charge is 2.20. The number of benzene rings is 1. The predicted molar refractivity (Wildman–Crippen MR) is 81.2 cm³/mol. The van der Waals surface area contributed by atoms with Crippen LogP contribution in [-0.4, -0.2) is 32.8 Å². The summed E-state index contributed by atoms with van der Waals surface area (Å²) < 4.78 is 1.67. The quantitative estimate of drug-likeness (QED) is 0.804. The van der Waals surface area contributed by atoms with Gasteiger partial charge in [-0.1, -0.05) is 30.3 Å². The zero-order valence-corrected chi connectivity index (χ0v) is 12.4. The maximum Gasteiger partial charge on any atom is 0.326 e. The third kappa shape index (κ3) is 4.73. The largest absolute Gasteiger partial charge is 0.480 e. The molecule has 6 nitrogen and oxygen atoms in total. The van der Waals surface area contributed by atoms with Crippen molar-refractivity contribution in [2.75, 3.05) is 0 Å². The fourth-order valence-corrected chi connectivity index (χ4v) is 2.18. The number of nitrogens with zero attached hydrogens (tertiary/aromatic N) is 2. The summed E-state index contributed by atoms with van der Waals surface area (Å²) in [4.78, 5) is 23.2. The molecule has 0 saturated heterocycles. The second-order valence-corrected chi connectivity index (χ2v) is 5.17. The summed E-state index contributed by atoms with van der Waals surface area (Å²) in [6, 6.07) is 8.34. The van der Waals surface area contributed by atoms with E-state index >= 15 is 0 Å². The molecule has 0 spiro atoms. The van der Waals surface area contributed by atoms with E-state index in [-0.39, 0.29) is 18.7 Å². The Morgan fingerprint density at radius 3 is 2.59 bits per heavy atom. The van der Waals surface area contributed by atoms with Crippen LogP contribution in [0.3, 0.4) is 0 Å². The number of carbonyl (C=O) groups excluding carboxylic acids is 1. The Morgan fingerprint density at radius 1 is 1.27 bits per heavy atom. The lowest BCUT2D eigenvalue weighted by Crippen LogP contribution is -2.42. The van der Waals surface area contributed by atoms with Gasteiger partial charge in [0, 0.05) is 26.1 Å². The maximum absolute atomic E-state index is 11.9. The molecule has 0 unspecified atom stereocenters. The van der Waals surface area contributed by atoms with Crippen LogP contribution in [-0.2, 0) is 29.5 Å². The SMILES string of the molecule is Cn1cc(CCC(=O)N[C@@H](Cc2ccccc2)C(=O)O)cn1. The van der Waals surface area contributed by atoms with Crippen molar-refractivity contribution in [3.05, 3.63) is 53.9 Å². The van der Waals surface area contributed by atoms with Crippen LogP contribution >= 0.6 is 0 Å². The molecule has 0 aliphatic rings. The van der Waals surface area contributed by atoms with Gasteiger partial charge in [0.15, 0.2) is 0 Å². The summed E-state index contributed by atoms with van der Waals surface area (Å²) in [5.74, 6) is -1.30. The minimum Gasteiger partial charge on any atom is -0.480 e. The van der Waals surface area contributed by atoms with Gasteiger partial charge in [-0.25, -0.2) is 4.79 Å². The van der Waals surface area contributed by atoms with Crippen LogP contribution in [0.15, 0.2) is 42.7 Å². The van der Waals surface area contributed by atoms with Crippen molar-refractivity contribution in [3.8, 4) is 0 Å². The first-order chi connectivity index (χ1) is 10.5. The average molecular weight is 301 g/mol. The number of aromatic nitrogens is 2. The summed E-state index contributed by atoms with van der Waals surface area (Å²) in [6.45, 7) is 0. The number of carboxylic acids is 1. The Balaban J connectivity index is 1.87. The zero-order chi connectivity index (χ0) is 15.9. The molecule has 6 heteroatoms. The van der Waals surface area contributed by atoms with Gasteiger partial charge in [-0.2, -0.15) is 5.10 Å². The number of aliphatic carboxylic acids is 1. The summed E-state index contributed by atoms with van der Waals surface area (Å²) in [7, 11) is 1.81. The van der Waals surface area contributed by atoms with Crippen molar-refractivity contribution in [2.24, 2.45) is 7.05 Å².